The normalized spacial score (nSPS) is 22.6. The van der Waals surface area contributed by atoms with Crippen LogP contribution in [0.25, 0.3) is 0 Å². The SMILES string of the molecule is CCN(Cc1ccc(Cl)cc1)C(=O)[C@H]1NCCO[C@@H]1C. The van der Waals surface area contributed by atoms with Crippen LogP contribution in [0.3, 0.4) is 0 Å². The summed E-state index contributed by atoms with van der Waals surface area (Å²) in [5.41, 5.74) is 1.08. The van der Waals surface area contributed by atoms with Crippen LogP contribution in [-0.4, -0.2) is 42.6 Å². The number of nitrogens with one attached hydrogen (secondary N) is 1. The molecule has 4 nitrogen and oxygen atoms in total. The predicted molar refractivity (Wildman–Crippen MR) is 79.7 cm³/mol. The molecule has 0 bridgehead atoms. The summed E-state index contributed by atoms with van der Waals surface area (Å²) in [6, 6.07) is 7.34. The van der Waals surface area contributed by atoms with E-state index >= 15 is 0 Å². The average Bonchev–Trinajstić information content (AvgIpc) is 2.46. The number of halogens is 1. The first-order valence-corrected chi connectivity index (χ1v) is 7.38. The molecule has 0 saturated carbocycles. The maximum Gasteiger partial charge on any atom is 0.242 e. The summed E-state index contributed by atoms with van der Waals surface area (Å²) in [5, 5.41) is 3.95. The lowest BCUT2D eigenvalue weighted by Gasteiger charge is -2.33. The highest BCUT2D eigenvalue weighted by molar-refractivity contribution is 6.30. The fraction of sp³-hybridized carbons (Fsp3) is 0.533. The van der Waals surface area contributed by atoms with Crippen LogP contribution in [-0.2, 0) is 16.1 Å². The minimum atomic E-state index is -0.254. The van der Waals surface area contributed by atoms with Gasteiger partial charge in [0.25, 0.3) is 0 Å². The van der Waals surface area contributed by atoms with Crippen LogP contribution in [0.4, 0.5) is 0 Å². The van der Waals surface area contributed by atoms with Crippen molar-refractivity contribution in [2.75, 3.05) is 19.7 Å². The molecule has 5 heteroatoms. The smallest absolute Gasteiger partial charge is 0.242 e. The summed E-state index contributed by atoms with van der Waals surface area (Å²) >= 11 is 5.88. The van der Waals surface area contributed by atoms with Gasteiger partial charge in [-0.15, -0.1) is 0 Å². The minimum Gasteiger partial charge on any atom is -0.375 e. The van der Waals surface area contributed by atoms with E-state index < -0.39 is 0 Å². The highest BCUT2D eigenvalue weighted by Gasteiger charge is 2.31. The molecule has 0 radical (unpaired) electrons. The van der Waals surface area contributed by atoms with E-state index in [1.54, 1.807) is 0 Å². The Morgan fingerprint density at radius 2 is 2.15 bits per heavy atom. The first-order valence-electron chi connectivity index (χ1n) is 7.00. The van der Waals surface area contributed by atoms with Gasteiger partial charge in [0.05, 0.1) is 12.7 Å². The third kappa shape index (κ3) is 3.72. The topological polar surface area (TPSA) is 41.6 Å². The zero-order valence-electron chi connectivity index (χ0n) is 11.9. The molecular formula is C15H21ClN2O2. The van der Waals surface area contributed by atoms with Crippen molar-refractivity contribution in [1.82, 2.24) is 10.2 Å². The summed E-state index contributed by atoms with van der Waals surface area (Å²) in [6.45, 7) is 6.57. The predicted octanol–water partition coefficient (Wildman–Crippen LogP) is 2.07. The van der Waals surface area contributed by atoms with Crippen molar-refractivity contribution >= 4 is 17.5 Å². The zero-order valence-corrected chi connectivity index (χ0v) is 12.7. The van der Waals surface area contributed by atoms with Crippen LogP contribution in [0.5, 0.6) is 0 Å². The molecule has 0 aliphatic carbocycles. The number of amides is 1. The van der Waals surface area contributed by atoms with Crippen molar-refractivity contribution in [3.05, 3.63) is 34.9 Å². The van der Waals surface area contributed by atoms with Gasteiger partial charge in [-0.3, -0.25) is 4.79 Å². The molecule has 1 aromatic carbocycles. The summed E-state index contributed by atoms with van der Waals surface area (Å²) in [6.07, 6.45) is -0.0875. The van der Waals surface area contributed by atoms with Gasteiger partial charge in [0.2, 0.25) is 5.91 Å². The van der Waals surface area contributed by atoms with E-state index in [0.717, 1.165) is 12.1 Å². The van der Waals surface area contributed by atoms with Gasteiger partial charge in [-0.1, -0.05) is 23.7 Å². The average molecular weight is 297 g/mol. The molecule has 1 fully saturated rings. The molecule has 0 spiro atoms. The van der Waals surface area contributed by atoms with Gasteiger partial charge in [-0.25, -0.2) is 0 Å². The molecule has 2 rings (SSSR count). The maximum atomic E-state index is 12.6. The van der Waals surface area contributed by atoms with E-state index in [-0.39, 0.29) is 18.1 Å². The third-order valence-corrected chi connectivity index (χ3v) is 3.81. The lowest BCUT2D eigenvalue weighted by Crippen LogP contribution is -2.56. The Bertz CT molecular complexity index is 450. The van der Waals surface area contributed by atoms with E-state index in [9.17, 15) is 4.79 Å². The Hall–Kier alpha value is -1.10. The van der Waals surface area contributed by atoms with Crippen molar-refractivity contribution in [2.45, 2.75) is 32.5 Å². The molecule has 1 saturated heterocycles. The van der Waals surface area contributed by atoms with Crippen LogP contribution in [0.2, 0.25) is 5.02 Å². The molecule has 2 atom stereocenters. The second kappa shape index (κ2) is 7.07. The Labute approximate surface area is 125 Å². The number of carbonyl (C=O) groups excluding carboxylic acids is 1. The first-order chi connectivity index (χ1) is 9.61. The Kier molecular flexibility index (Phi) is 5.40. The molecule has 0 aromatic heterocycles. The fourth-order valence-corrected chi connectivity index (χ4v) is 2.49. The quantitative estimate of drug-likeness (QED) is 0.925. The van der Waals surface area contributed by atoms with Crippen molar-refractivity contribution in [3.63, 3.8) is 0 Å². The molecule has 1 amide bonds. The Morgan fingerprint density at radius 3 is 2.75 bits per heavy atom. The largest absolute Gasteiger partial charge is 0.375 e. The molecule has 1 aromatic rings. The fourth-order valence-electron chi connectivity index (χ4n) is 2.36. The molecule has 0 unspecified atom stereocenters. The highest BCUT2D eigenvalue weighted by Crippen LogP contribution is 2.14. The second-order valence-corrected chi connectivity index (χ2v) is 5.42. The summed E-state index contributed by atoms with van der Waals surface area (Å²) in [4.78, 5) is 14.4. The summed E-state index contributed by atoms with van der Waals surface area (Å²) in [5.74, 6) is 0.0923. The van der Waals surface area contributed by atoms with Crippen LogP contribution >= 0.6 is 11.6 Å². The zero-order chi connectivity index (χ0) is 14.5. The second-order valence-electron chi connectivity index (χ2n) is 4.99. The van der Waals surface area contributed by atoms with Crippen molar-refractivity contribution in [3.8, 4) is 0 Å². The molecule has 1 aliphatic rings. The lowest BCUT2D eigenvalue weighted by molar-refractivity contribution is -0.139. The molecule has 110 valence electrons. The number of hydrogen-bond donors (Lipinski definition) is 1. The number of morpholine rings is 1. The number of carbonyl (C=O) groups is 1. The summed E-state index contributed by atoms with van der Waals surface area (Å²) in [7, 11) is 0. The monoisotopic (exact) mass is 296 g/mol. The molecular weight excluding hydrogens is 276 g/mol. The van der Waals surface area contributed by atoms with E-state index in [4.69, 9.17) is 16.3 Å². The van der Waals surface area contributed by atoms with Crippen LogP contribution < -0.4 is 5.32 Å². The van der Waals surface area contributed by atoms with Gasteiger partial charge in [-0.05, 0) is 31.5 Å². The van der Waals surface area contributed by atoms with Crippen LogP contribution in [0.1, 0.15) is 19.4 Å². The Morgan fingerprint density at radius 1 is 1.45 bits per heavy atom. The Balaban J connectivity index is 2.03. The molecule has 20 heavy (non-hydrogen) atoms. The number of benzene rings is 1. The van der Waals surface area contributed by atoms with Crippen LogP contribution in [0.15, 0.2) is 24.3 Å². The third-order valence-electron chi connectivity index (χ3n) is 3.56. The van der Waals surface area contributed by atoms with Crippen molar-refractivity contribution in [1.29, 1.82) is 0 Å². The number of ether oxygens (including phenoxy) is 1. The minimum absolute atomic E-state index is 0.0875. The number of likely N-dealkylation sites (N-methyl/N-ethyl adjacent to an activating group) is 1. The first kappa shape index (κ1) is 15.3. The van der Waals surface area contributed by atoms with Gasteiger partial charge < -0.3 is 15.0 Å². The molecule has 1 heterocycles. The van der Waals surface area contributed by atoms with Gasteiger partial charge in [0.15, 0.2) is 0 Å². The van der Waals surface area contributed by atoms with E-state index in [1.165, 1.54) is 0 Å². The van der Waals surface area contributed by atoms with E-state index in [1.807, 2.05) is 43.0 Å². The van der Waals surface area contributed by atoms with Gasteiger partial charge >= 0.3 is 0 Å². The van der Waals surface area contributed by atoms with E-state index in [2.05, 4.69) is 5.32 Å². The maximum absolute atomic E-state index is 12.6. The molecule has 1 N–H and O–H groups in total. The number of hydrogen-bond acceptors (Lipinski definition) is 3. The summed E-state index contributed by atoms with van der Waals surface area (Å²) < 4.78 is 5.54. The van der Waals surface area contributed by atoms with E-state index in [0.29, 0.717) is 24.7 Å². The van der Waals surface area contributed by atoms with Gasteiger partial charge in [-0.2, -0.15) is 0 Å². The van der Waals surface area contributed by atoms with Crippen LogP contribution in [0, 0.1) is 0 Å². The number of rotatable bonds is 4. The van der Waals surface area contributed by atoms with Crippen molar-refractivity contribution in [2.24, 2.45) is 0 Å². The standard InChI is InChI=1S/C15H21ClN2O2/c1-3-18(10-12-4-6-13(16)7-5-12)15(19)14-11(2)20-9-8-17-14/h4-7,11,14,17H,3,8-10H2,1-2H3/t11-,14+/m1/s1. The van der Waals surface area contributed by atoms with Crippen molar-refractivity contribution < 1.29 is 9.53 Å². The number of nitrogens with zero attached hydrogens (tertiary/aromatic N) is 1. The van der Waals surface area contributed by atoms with Gasteiger partial charge in [0, 0.05) is 24.7 Å². The van der Waals surface area contributed by atoms with Gasteiger partial charge in [0.1, 0.15) is 6.04 Å². The highest BCUT2D eigenvalue weighted by atomic mass is 35.5. The lowest BCUT2D eigenvalue weighted by atomic mass is 10.1. The molecule has 1 aliphatic heterocycles.